The van der Waals surface area contributed by atoms with Crippen LogP contribution in [0.1, 0.15) is 17.0 Å². The van der Waals surface area contributed by atoms with Crippen LogP contribution in [0, 0.1) is 20.8 Å². The van der Waals surface area contributed by atoms with Gasteiger partial charge in [0.2, 0.25) is 5.95 Å². The van der Waals surface area contributed by atoms with Crippen molar-refractivity contribution in [3.05, 3.63) is 35.2 Å². The molecule has 0 unspecified atom stereocenters. The summed E-state index contributed by atoms with van der Waals surface area (Å²) in [5.41, 5.74) is 2.34. The van der Waals surface area contributed by atoms with Gasteiger partial charge in [0.05, 0.1) is 37.4 Å². The molecule has 8 nitrogen and oxygen atoms in total. The van der Waals surface area contributed by atoms with Crippen LogP contribution >= 0.6 is 0 Å². The van der Waals surface area contributed by atoms with Crippen LogP contribution in [0.3, 0.4) is 0 Å². The van der Waals surface area contributed by atoms with E-state index in [1.807, 2.05) is 11.8 Å². The van der Waals surface area contributed by atoms with E-state index in [0.29, 0.717) is 49.3 Å². The highest BCUT2D eigenvalue weighted by atomic mass is 32.2. The van der Waals surface area contributed by atoms with Crippen LogP contribution in [0.15, 0.2) is 23.1 Å². The molecule has 146 valence electrons. The second kappa shape index (κ2) is 7.69. The van der Waals surface area contributed by atoms with Crippen LogP contribution in [0.2, 0.25) is 0 Å². The molecule has 1 saturated heterocycles. The molecule has 1 aromatic heterocycles. The zero-order chi connectivity index (χ0) is 19.6. The molecule has 1 N–H and O–H groups in total. The Morgan fingerprint density at radius 2 is 1.74 bits per heavy atom. The number of nitrogens with one attached hydrogen (secondary N) is 1. The summed E-state index contributed by atoms with van der Waals surface area (Å²) in [4.78, 5) is 11.1. The molecule has 27 heavy (non-hydrogen) atoms. The summed E-state index contributed by atoms with van der Waals surface area (Å²) in [5, 5.41) is 0. The van der Waals surface area contributed by atoms with E-state index in [2.05, 4.69) is 14.7 Å². The smallest absolute Gasteiger partial charge is 0.265 e. The molecule has 0 spiro atoms. The third kappa shape index (κ3) is 4.14. The van der Waals surface area contributed by atoms with E-state index < -0.39 is 10.0 Å². The minimum Gasteiger partial charge on any atom is -0.495 e. The zero-order valence-corrected chi connectivity index (χ0v) is 16.8. The number of benzene rings is 1. The third-order valence-corrected chi connectivity index (χ3v) is 5.77. The van der Waals surface area contributed by atoms with Crippen LogP contribution in [-0.2, 0) is 14.8 Å². The summed E-state index contributed by atoms with van der Waals surface area (Å²) < 4.78 is 39.1. The van der Waals surface area contributed by atoms with Crippen molar-refractivity contribution in [2.24, 2.45) is 0 Å². The first-order chi connectivity index (χ1) is 12.8. The van der Waals surface area contributed by atoms with Gasteiger partial charge in [-0.15, -0.1) is 0 Å². The molecule has 0 radical (unpaired) electrons. The Balaban J connectivity index is 1.94. The van der Waals surface area contributed by atoms with E-state index in [9.17, 15) is 8.42 Å². The molecular weight excluding hydrogens is 368 g/mol. The fourth-order valence-corrected chi connectivity index (χ4v) is 4.37. The largest absolute Gasteiger partial charge is 0.495 e. The molecule has 0 bridgehead atoms. The number of anilines is 2. The quantitative estimate of drug-likeness (QED) is 0.832. The van der Waals surface area contributed by atoms with Gasteiger partial charge in [0.15, 0.2) is 0 Å². The van der Waals surface area contributed by atoms with E-state index in [1.165, 1.54) is 7.11 Å². The van der Waals surface area contributed by atoms with E-state index in [4.69, 9.17) is 9.47 Å². The third-order valence-electron chi connectivity index (χ3n) is 4.40. The van der Waals surface area contributed by atoms with Gasteiger partial charge in [0, 0.05) is 13.1 Å². The second-order valence-electron chi connectivity index (χ2n) is 6.43. The number of sulfonamides is 1. The fraction of sp³-hybridized carbons (Fsp3) is 0.444. The number of aryl methyl sites for hydroxylation is 3. The Hall–Kier alpha value is -2.39. The van der Waals surface area contributed by atoms with Crippen molar-refractivity contribution in [2.75, 3.05) is 43.0 Å². The molecule has 1 aliphatic heterocycles. The highest BCUT2D eigenvalue weighted by Crippen LogP contribution is 2.29. The van der Waals surface area contributed by atoms with Crippen molar-refractivity contribution in [1.82, 2.24) is 9.97 Å². The molecule has 0 aliphatic carbocycles. The normalized spacial score (nSPS) is 14.9. The predicted molar refractivity (Wildman–Crippen MR) is 103 cm³/mol. The molecule has 0 atom stereocenters. The molecule has 0 amide bonds. The van der Waals surface area contributed by atoms with Gasteiger partial charge in [-0.2, -0.15) is 0 Å². The number of ether oxygens (including phenoxy) is 2. The maximum absolute atomic E-state index is 13.0. The topological polar surface area (TPSA) is 93.7 Å². The Kier molecular flexibility index (Phi) is 5.52. The summed E-state index contributed by atoms with van der Waals surface area (Å²) in [5.74, 6) is 0.874. The standard InChI is InChI=1S/C18H24N4O4S/c1-12-5-6-15(25-4)16(11-12)27(23,24)21-17-13(2)19-18(20-14(17)3)22-7-9-26-10-8-22/h5-6,11,21H,7-10H2,1-4H3. The molecule has 9 heteroatoms. The van der Waals surface area contributed by atoms with Crippen LogP contribution in [-0.4, -0.2) is 51.8 Å². The van der Waals surface area contributed by atoms with Crippen LogP contribution in [0.4, 0.5) is 11.6 Å². The van der Waals surface area contributed by atoms with E-state index in [-0.39, 0.29) is 10.6 Å². The Morgan fingerprint density at radius 3 is 2.33 bits per heavy atom. The number of hydrogen-bond acceptors (Lipinski definition) is 7. The van der Waals surface area contributed by atoms with Crippen molar-refractivity contribution < 1.29 is 17.9 Å². The monoisotopic (exact) mass is 392 g/mol. The fourth-order valence-electron chi connectivity index (χ4n) is 2.93. The van der Waals surface area contributed by atoms with Gasteiger partial charge < -0.3 is 14.4 Å². The highest BCUT2D eigenvalue weighted by molar-refractivity contribution is 7.92. The summed E-state index contributed by atoms with van der Waals surface area (Å²) in [6.45, 7) is 8.05. The summed E-state index contributed by atoms with van der Waals surface area (Å²) in [7, 11) is -2.41. The van der Waals surface area contributed by atoms with E-state index >= 15 is 0 Å². The number of nitrogens with zero attached hydrogens (tertiary/aromatic N) is 3. The summed E-state index contributed by atoms with van der Waals surface area (Å²) >= 11 is 0. The lowest BCUT2D eigenvalue weighted by molar-refractivity contribution is 0.122. The maximum Gasteiger partial charge on any atom is 0.265 e. The Bertz CT molecular complexity index is 917. The van der Waals surface area contributed by atoms with Gasteiger partial charge in [0.1, 0.15) is 10.6 Å². The van der Waals surface area contributed by atoms with Crippen LogP contribution in [0.5, 0.6) is 5.75 Å². The molecule has 1 aromatic carbocycles. The highest BCUT2D eigenvalue weighted by Gasteiger charge is 2.23. The number of morpholine rings is 1. The van der Waals surface area contributed by atoms with Crippen molar-refractivity contribution in [2.45, 2.75) is 25.7 Å². The number of rotatable bonds is 5. The van der Waals surface area contributed by atoms with Crippen molar-refractivity contribution in [1.29, 1.82) is 0 Å². The van der Waals surface area contributed by atoms with Gasteiger partial charge in [0.25, 0.3) is 10.0 Å². The van der Waals surface area contributed by atoms with Crippen LogP contribution < -0.4 is 14.4 Å². The van der Waals surface area contributed by atoms with Gasteiger partial charge in [-0.1, -0.05) is 6.07 Å². The lowest BCUT2D eigenvalue weighted by atomic mass is 10.2. The predicted octanol–water partition coefficient (Wildman–Crippen LogP) is 2.05. The maximum atomic E-state index is 13.0. The van der Waals surface area contributed by atoms with E-state index in [0.717, 1.165) is 5.56 Å². The number of methoxy groups -OCH3 is 1. The SMILES string of the molecule is COc1ccc(C)cc1S(=O)(=O)Nc1c(C)nc(N2CCOCC2)nc1C. The van der Waals surface area contributed by atoms with Crippen LogP contribution in [0.25, 0.3) is 0 Å². The number of hydrogen-bond donors (Lipinski definition) is 1. The second-order valence-corrected chi connectivity index (χ2v) is 8.08. The number of aromatic nitrogens is 2. The molecular formula is C18H24N4O4S. The van der Waals surface area contributed by atoms with E-state index in [1.54, 1.807) is 32.0 Å². The van der Waals surface area contributed by atoms with Gasteiger partial charge in [-0.3, -0.25) is 4.72 Å². The summed E-state index contributed by atoms with van der Waals surface area (Å²) in [6, 6.07) is 5.02. The minimum atomic E-state index is -3.85. The lowest BCUT2D eigenvalue weighted by Gasteiger charge is -2.27. The molecule has 3 rings (SSSR count). The van der Waals surface area contributed by atoms with Gasteiger partial charge in [-0.25, -0.2) is 18.4 Å². The molecule has 2 aromatic rings. The Labute approximate surface area is 159 Å². The first-order valence-electron chi connectivity index (χ1n) is 8.67. The first kappa shape index (κ1) is 19.4. The zero-order valence-electron chi connectivity index (χ0n) is 15.9. The first-order valence-corrected chi connectivity index (χ1v) is 10.2. The molecule has 2 heterocycles. The van der Waals surface area contributed by atoms with Gasteiger partial charge in [-0.05, 0) is 38.5 Å². The van der Waals surface area contributed by atoms with Crippen molar-refractivity contribution >= 4 is 21.7 Å². The minimum absolute atomic E-state index is 0.0843. The van der Waals surface area contributed by atoms with Crippen molar-refractivity contribution in [3.8, 4) is 5.75 Å². The molecule has 1 fully saturated rings. The molecule has 1 aliphatic rings. The molecule has 0 saturated carbocycles. The van der Waals surface area contributed by atoms with Gasteiger partial charge >= 0.3 is 0 Å². The average Bonchev–Trinajstić information content (AvgIpc) is 2.65. The summed E-state index contributed by atoms with van der Waals surface area (Å²) in [6.07, 6.45) is 0. The van der Waals surface area contributed by atoms with Crippen molar-refractivity contribution in [3.63, 3.8) is 0 Å². The Morgan fingerprint density at radius 1 is 1.11 bits per heavy atom. The average molecular weight is 392 g/mol. The lowest BCUT2D eigenvalue weighted by Crippen LogP contribution is -2.37.